The predicted molar refractivity (Wildman–Crippen MR) is 70.6 cm³/mol. The highest BCUT2D eigenvalue weighted by molar-refractivity contribution is 7.89. The third kappa shape index (κ3) is 5.83. The average Bonchev–Trinajstić information content (AvgIpc) is 2.38. The largest absolute Gasteiger partial charge is 0.490 e. The van der Waals surface area contributed by atoms with Crippen molar-refractivity contribution in [2.75, 3.05) is 33.5 Å². The lowest BCUT2D eigenvalue weighted by molar-refractivity contribution is 0.0642. The van der Waals surface area contributed by atoms with Crippen molar-refractivity contribution < 1.29 is 27.0 Å². The molecule has 0 bridgehead atoms. The Morgan fingerprint density at radius 2 is 1.95 bits per heavy atom. The van der Waals surface area contributed by atoms with Crippen LogP contribution in [0.25, 0.3) is 0 Å². The number of ether oxygens (including phenoxy) is 3. The Hall–Kier alpha value is -1.22. The minimum Gasteiger partial charge on any atom is -0.490 e. The Morgan fingerprint density at radius 1 is 1.20 bits per heavy atom. The van der Waals surface area contributed by atoms with Crippen LogP contribution in [0.5, 0.6) is 5.75 Å². The zero-order chi connectivity index (χ0) is 15.0. The molecule has 0 aliphatic heterocycles. The van der Waals surface area contributed by atoms with Gasteiger partial charge in [0.15, 0.2) is 11.6 Å². The summed E-state index contributed by atoms with van der Waals surface area (Å²) in [4.78, 5) is -0.287. The molecule has 1 rings (SSSR count). The Morgan fingerprint density at radius 3 is 2.55 bits per heavy atom. The normalized spacial score (nSPS) is 11.6. The van der Waals surface area contributed by atoms with Gasteiger partial charge < -0.3 is 14.2 Å². The molecule has 0 radical (unpaired) electrons. The molecule has 0 atom stereocenters. The van der Waals surface area contributed by atoms with Crippen LogP contribution in [0.2, 0.25) is 0 Å². The Balaban J connectivity index is 2.38. The van der Waals surface area contributed by atoms with Gasteiger partial charge in [0.1, 0.15) is 0 Å². The fraction of sp³-hybridized carbons (Fsp3) is 0.500. The second-order valence-corrected chi connectivity index (χ2v) is 5.51. The molecule has 0 amide bonds. The van der Waals surface area contributed by atoms with E-state index < -0.39 is 15.8 Å². The van der Waals surface area contributed by atoms with Gasteiger partial charge in [-0.3, -0.25) is 0 Å². The molecule has 20 heavy (non-hydrogen) atoms. The maximum absolute atomic E-state index is 13.6. The van der Waals surface area contributed by atoms with E-state index in [1.165, 1.54) is 12.1 Å². The van der Waals surface area contributed by atoms with Gasteiger partial charge in [-0.05, 0) is 18.2 Å². The highest BCUT2D eigenvalue weighted by atomic mass is 32.2. The first-order valence-electron chi connectivity index (χ1n) is 5.97. The molecule has 0 heterocycles. The molecule has 8 heteroatoms. The average molecular weight is 307 g/mol. The highest BCUT2D eigenvalue weighted by Crippen LogP contribution is 2.20. The molecule has 2 N–H and O–H groups in total. The van der Waals surface area contributed by atoms with Crippen LogP contribution in [-0.4, -0.2) is 42.0 Å². The van der Waals surface area contributed by atoms with Gasteiger partial charge in [-0.25, -0.2) is 17.9 Å². The number of sulfonamides is 1. The molecule has 0 aromatic heterocycles. The first kappa shape index (κ1) is 16.8. The third-order valence-corrected chi connectivity index (χ3v) is 3.27. The fourth-order valence-corrected chi connectivity index (χ4v) is 1.89. The standard InChI is InChI=1S/C12H18FNO5S/c1-17-7-8-18-5-2-6-19-12-4-3-10(9-11(12)13)20(14,15)16/h3-4,9H,2,5-8H2,1H3,(H2,14,15,16). The number of hydrogen-bond donors (Lipinski definition) is 1. The molecule has 0 aliphatic carbocycles. The van der Waals surface area contributed by atoms with E-state index in [-0.39, 0.29) is 17.3 Å². The van der Waals surface area contributed by atoms with Crippen LogP contribution in [0.15, 0.2) is 23.1 Å². The van der Waals surface area contributed by atoms with E-state index in [1.54, 1.807) is 7.11 Å². The molecule has 0 spiro atoms. The van der Waals surface area contributed by atoms with Crippen LogP contribution in [0, 0.1) is 5.82 Å². The quantitative estimate of drug-likeness (QED) is 0.685. The van der Waals surface area contributed by atoms with Gasteiger partial charge in [0.05, 0.1) is 24.7 Å². The van der Waals surface area contributed by atoms with Gasteiger partial charge in [-0.2, -0.15) is 0 Å². The second kappa shape index (κ2) is 8.15. The van der Waals surface area contributed by atoms with Crippen LogP contribution in [-0.2, 0) is 19.5 Å². The predicted octanol–water partition coefficient (Wildman–Crippen LogP) is 0.905. The third-order valence-electron chi connectivity index (χ3n) is 2.35. The van der Waals surface area contributed by atoms with Crippen molar-refractivity contribution in [3.8, 4) is 5.75 Å². The number of benzene rings is 1. The molecule has 0 fully saturated rings. The van der Waals surface area contributed by atoms with Crippen LogP contribution in [0.1, 0.15) is 6.42 Å². The molecule has 114 valence electrons. The van der Waals surface area contributed by atoms with Gasteiger partial charge >= 0.3 is 0 Å². The van der Waals surface area contributed by atoms with Crippen molar-refractivity contribution >= 4 is 10.0 Å². The van der Waals surface area contributed by atoms with Gasteiger partial charge in [-0.1, -0.05) is 0 Å². The van der Waals surface area contributed by atoms with E-state index in [2.05, 4.69) is 0 Å². The monoisotopic (exact) mass is 307 g/mol. The van der Waals surface area contributed by atoms with Crippen molar-refractivity contribution in [2.45, 2.75) is 11.3 Å². The first-order chi connectivity index (χ1) is 9.45. The van der Waals surface area contributed by atoms with E-state index in [4.69, 9.17) is 19.3 Å². The maximum atomic E-state index is 13.6. The maximum Gasteiger partial charge on any atom is 0.238 e. The Bertz CT molecular complexity index is 521. The van der Waals surface area contributed by atoms with E-state index in [1.807, 2.05) is 0 Å². The Kier molecular flexibility index (Phi) is 6.86. The zero-order valence-corrected chi connectivity index (χ0v) is 12.0. The van der Waals surface area contributed by atoms with E-state index in [0.29, 0.717) is 26.2 Å². The summed E-state index contributed by atoms with van der Waals surface area (Å²) in [6.07, 6.45) is 0.583. The van der Waals surface area contributed by atoms with Gasteiger partial charge in [0.25, 0.3) is 0 Å². The second-order valence-electron chi connectivity index (χ2n) is 3.94. The van der Waals surface area contributed by atoms with E-state index in [0.717, 1.165) is 6.07 Å². The lowest BCUT2D eigenvalue weighted by Gasteiger charge is -2.08. The van der Waals surface area contributed by atoms with Crippen LogP contribution in [0.3, 0.4) is 0 Å². The minimum absolute atomic E-state index is 0.0192. The molecule has 0 aliphatic rings. The van der Waals surface area contributed by atoms with Crippen LogP contribution < -0.4 is 9.88 Å². The fourth-order valence-electron chi connectivity index (χ4n) is 1.36. The van der Waals surface area contributed by atoms with Crippen LogP contribution in [0.4, 0.5) is 4.39 Å². The Labute approximate surface area is 117 Å². The van der Waals surface area contributed by atoms with Crippen molar-refractivity contribution in [1.82, 2.24) is 0 Å². The molecule has 1 aromatic carbocycles. The summed E-state index contributed by atoms with van der Waals surface area (Å²) in [6.45, 7) is 1.75. The number of methoxy groups -OCH3 is 1. The molecule has 0 saturated heterocycles. The number of nitrogens with two attached hydrogens (primary N) is 1. The molecule has 1 aromatic rings. The lowest BCUT2D eigenvalue weighted by Crippen LogP contribution is -2.12. The molecular formula is C12H18FNO5S. The zero-order valence-electron chi connectivity index (χ0n) is 11.2. The summed E-state index contributed by atoms with van der Waals surface area (Å²) in [5, 5.41) is 4.89. The molecular weight excluding hydrogens is 289 g/mol. The number of halogens is 1. The first-order valence-corrected chi connectivity index (χ1v) is 7.51. The van der Waals surface area contributed by atoms with Crippen molar-refractivity contribution in [2.24, 2.45) is 5.14 Å². The van der Waals surface area contributed by atoms with Crippen molar-refractivity contribution in [3.63, 3.8) is 0 Å². The smallest absolute Gasteiger partial charge is 0.238 e. The van der Waals surface area contributed by atoms with E-state index in [9.17, 15) is 12.8 Å². The van der Waals surface area contributed by atoms with E-state index >= 15 is 0 Å². The summed E-state index contributed by atoms with van der Waals surface area (Å²) in [5.41, 5.74) is 0. The van der Waals surface area contributed by atoms with Crippen molar-refractivity contribution in [1.29, 1.82) is 0 Å². The number of hydrogen-bond acceptors (Lipinski definition) is 5. The summed E-state index contributed by atoms with van der Waals surface area (Å²) in [7, 11) is -2.32. The summed E-state index contributed by atoms with van der Waals surface area (Å²) in [6, 6.07) is 3.27. The van der Waals surface area contributed by atoms with Crippen molar-refractivity contribution in [3.05, 3.63) is 24.0 Å². The van der Waals surface area contributed by atoms with Gasteiger partial charge in [0.2, 0.25) is 10.0 Å². The number of rotatable bonds is 9. The SMILES string of the molecule is COCCOCCCOc1ccc(S(N)(=O)=O)cc1F. The summed E-state index contributed by atoms with van der Waals surface area (Å²) in [5.74, 6) is -0.786. The molecule has 0 unspecified atom stereocenters. The van der Waals surface area contributed by atoms with Gasteiger partial charge in [0, 0.05) is 20.1 Å². The van der Waals surface area contributed by atoms with Gasteiger partial charge in [-0.15, -0.1) is 0 Å². The van der Waals surface area contributed by atoms with Crippen LogP contribution >= 0.6 is 0 Å². The molecule has 6 nitrogen and oxygen atoms in total. The summed E-state index contributed by atoms with van der Waals surface area (Å²) < 4.78 is 50.8. The summed E-state index contributed by atoms with van der Waals surface area (Å²) >= 11 is 0. The lowest BCUT2D eigenvalue weighted by atomic mass is 10.3. The minimum atomic E-state index is -3.91. The highest BCUT2D eigenvalue weighted by Gasteiger charge is 2.12. The number of primary sulfonamides is 1. The molecule has 0 saturated carbocycles. The topological polar surface area (TPSA) is 87.8 Å².